The molecule has 0 radical (unpaired) electrons. The summed E-state index contributed by atoms with van der Waals surface area (Å²) in [6, 6.07) is 0. The Hall–Kier alpha value is -0.950. The topological polar surface area (TPSA) is 85.2 Å². The van der Waals surface area contributed by atoms with Gasteiger partial charge in [0.15, 0.2) is 6.29 Å². The van der Waals surface area contributed by atoms with E-state index >= 15 is 0 Å². The lowest BCUT2D eigenvalue weighted by molar-refractivity contribution is -0.256. The predicted molar refractivity (Wildman–Crippen MR) is 130 cm³/mol. The average Bonchev–Trinajstić information content (AvgIpc) is 3.36. The van der Waals surface area contributed by atoms with Crippen molar-refractivity contribution < 1.29 is 29.2 Å². The number of ether oxygens (including phenoxy) is 3. The second kappa shape index (κ2) is 8.54. The Morgan fingerprint density at radius 3 is 2.60 bits per heavy atom. The molecule has 2 N–H and O–H groups in total. The molecule has 6 rings (SSSR count). The Kier molecular flexibility index (Phi) is 5.95. The number of hydrogen-bond donors (Lipinski definition) is 2. The van der Waals surface area contributed by atoms with Crippen molar-refractivity contribution in [2.24, 2.45) is 34.5 Å². The number of hydrogen-bond acceptors (Lipinski definition) is 6. The van der Waals surface area contributed by atoms with E-state index in [-0.39, 0.29) is 41.7 Å². The lowest BCUT2D eigenvalue weighted by atomic mass is 9.42. The zero-order chi connectivity index (χ0) is 24.6. The molecule has 0 aromatic carbocycles. The molecule has 0 bridgehead atoms. The monoisotopic (exact) mass is 488 g/mol. The van der Waals surface area contributed by atoms with Crippen LogP contribution < -0.4 is 0 Å². The van der Waals surface area contributed by atoms with Crippen LogP contribution in [0.2, 0.25) is 0 Å². The maximum Gasteiger partial charge on any atom is 0.331 e. The largest absolute Gasteiger partial charge is 0.458 e. The number of cyclic esters (lactones) is 1. The van der Waals surface area contributed by atoms with E-state index in [1.54, 1.807) is 6.08 Å². The summed E-state index contributed by atoms with van der Waals surface area (Å²) in [6.07, 6.45) is 12.4. The number of carbonyl (C=O) groups excluding carboxylic acids is 1. The molecule has 0 aromatic heterocycles. The SMILES string of the molecule is C[C@@H]1CCC[C@H](O[C@H]2CC[C@]3(C)C4C[C@@H](O)[C@]5(C)C(C6=CC(=O)OC6)CC[C@]5(O)[C@@H]4CC[C@@H]3C2)O1. The van der Waals surface area contributed by atoms with Crippen LogP contribution >= 0.6 is 0 Å². The number of carbonyl (C=O) groups is 1. The molecule has 1 saturated heterocycles. The molecule has 11 atom stereocenters. The molecule has 196 valence electrons. The van der Waals surface area contributed by atoms with Crippen LogP contribution in [0.3, 0.4) is 0 Å². The van der Waals surface area contributed by atoms with Crippen LogP contribution in [-0.2, 0) is 19.0 Å². The van der Waals surface area contributed by atoms with Gasteiger partial charge in [-0.1, -0.05) is 13.8 Å². The average molecular weight is 489 g/mol. The van der Waals surface area contributed by atoms with Crippen molar-refractivity contribution in [3.63, 3.8) is 0 Å². The fraction of sp³-hybridized carbons (Fsp3) is 0.897. The summed E-state index contributed by atoms with van der Waals surface area (Å²) in [6.45, 7) is 6.96. The molecule has 0 aromatic rings. The Morgan fingerprint density at radius 1 is 1.03 bits per heavy atom. The van der Waals surface area contributed by atoms with Gasteiger partial charge in [-0.3, -0.25) is 0 Å². The van der Waals surface area contributed by atoms with E-state index in [0.717, 1.165) is 63.4 Å². The second-order valence-electron chi connectivity index (χ2n) is 13.2. The van der Waals surface area contributed by atoms with Gasteiger partial charge in [-0.2, -0.15) is 0 Å². The van der Waals surface area contributed by atoms with Gasteiger partial charge in [0, 0.05) is 11.5 Å². The molecule has 0 amide bonds. The van der Waals surface area contributed by atoms with E-state index in [4.69, 9.17) is 14.2 Å². The lowest BCUT2D eigenvalue weighted by Crippen LogP contribution is -2.67. The van der Waals surface area contributed by atoms with Crippen molar-refractivity contribution in [1.29, 1.82) is 0 Å². The van der Waals surface area contributed by atoms with E-state index in [2.05, 4.69) is 20.8 Å². The number of fused-ring (bicyclic) bond motifs is 5. The Bertz CT molecular complexity index is 886. The summed E-state index contributed by atoms with van der Waals surface area (Å²) in [5.41, 5.74) is -0.458. The van der Waals surface area contributed by atoms with Crippen molar-refractivity contribution in [1.82, 2.24) is 0 Å². The van der Waals surface area contributed by atoms with Crippen molar-refractivity contribution >= 4 is 5.97 Å². The second-order valence-corrected chi connectivity index (χ2v) is 13.2. The summed E-state index contributed by atoms with van der Waals surface area (Å²) in [5, 5.41) is 24.1. The molecule has 6 aliphatic rings. The number of esters is 1. The number of aliphatic hydroxyl groups excluding tert-OH is 1. The summed E-state index contributed by atoms with van der Waals surface area (Å²) < 4.78 is 17.7. The van der Waals surface area contributed by atoms with Gasteiger partial charge in [-0.05, 0) is 112 Å². The molecule has 2 heterocycles. The van der Waals surface area contributed by atoms with Crippen LogP contribution in [0, 0.1) is 34.5 Å². The molecule has 5 fully saturated rings. The maximum atomic E-state index is 12.4. The highest BCUT2D eigenvalue weighted by Crippen LogP contribution is 2.70. The van der Waals surface area contributed by atoms with E-state index < -0.39 is 17.1 Å². The zero-order valence-electron chi connectivity index (χ0n) is 21.7. The van der Waals surface area contributed by atoms with Gasteiger partial charge >= 0.3 is 5.97 Å². The van der Waals surface area contributed by atoms with E-state index in [1.807, 2.05) is 0 Å². The van der Waals surface area contributed by atoms with Gasteiger partial charge in [-0.25, -0.2) is 4.79 Å². The van der Waals surface area contributed by atoms with E-state index in [0.29, 0.717) is 24.9 Å². The third kappa shape index (κ3) is 3.60. The van der Waals surface area contributed by atoms with Crippen LogP contribution in [0.25, 0.3) is 0 Å². The lowest BCUT2D eigenvalue weighted by Gasteiger charge is -2.65. The van der Waals surface area contributed by atoms with E-state index in [1.165, 1.54) is 6.42 Å². The Balaban J connectivity index is 1.21. The van der Waals surface area contributed by atoms with Gasteiger partial charge in [-0.15, -0.1) is 0 Å². The highest BCUT2D eigenvalue weighted by molar-refractivity contribution is 5.85. The van der Waals surface area contributed by atoms with Gasteiger partial charge in [0.05, 0.1) is 23.9 Å². The first-order valence-corrected chi connectivity index (χ1v) is 14.2. The van der Waals surface area contributed by atoms with Crippen molar-refractivity contribution in [3.05, 3.63) is 11.6 Å². The highest BCUT2D eigenvalue weighted by atomic mass is 16.7. The van der Waals surface area contributed by atoms with Crippen LogP contribution in [0.4, 0.5) is 0 Å². The molecule has 4 aliphatic carbocycles. The number of aliphatic hydroxyl groups is 2. The first kappa shape index (κ1) is 24.4. The predicted octanol–water partition coefficient (Wildman–Crippen LogP) is 4.51. The molecule has 6 nitrogen and oxygen atoms in total. The minimum absolute atomic E-state index is 0.00227. The molecule has 35 heavy (non-hydrogen) atoms. The molecular weight excluding hydrogens is 444 g/mol. The summed E-state index contributed by atoms with van der Waals surface area (Å²) >= 11 is 0. The molecular formula is C29H44O6. The fourth-order valence-electron chi connectivity index (χ4n) is 9.76. The van der Waals surface area contributed by atoms with Crippen LogP contribution in [-0.4, -0.2) is 53.0 Å². The quantitative estimate of drug-likeness (QED) is 0.449. The number of rotatable bonds is 3. The first-order chi connectivity index (χ1) is 16.6. The maximum absolute atomic E-state index is 12.4. The van der Waals surface area contributed by atoms with Crippen molar-refractivity contribution in [3.8, 4) is 0 Å². The molecule has 0 spiro atoms. The van der Waals surface area contributed by atoms with Crippen molar-refractivity contribution in [2.45, 2.75) is 122 Å². The molecule has 2 unspecified atom stereocenters. The van der Waals surface area contributed by atoms with Crippen LogP contribution in [0.15, 0.2) is 11.6 Å². The summed E-state index contributed by atoms with van der Waals surface area (Å²) in [4.78, 5) is 11.8. The molecule has 2 aliphatic heterocycles. The third-order valence-corrected chi connectivity index (χ3v) is 11.8. The van der Waals surface area contributed by atoms with Gasteiger partial charge in [0.2, 0.25) is 0 Å². The standard InChI is InChI=1S/C29H44O6/c1-17-5-4-6-26(34-17)35-20-9-11-27(2)19(14-20)7-8-22-23(27)15-24(30)28(3)21(10-12-29(22,28)32)18-13-25(31)33-16-18/h13,17,19-24,26,30,32H,4-12,14-16H2,1-3H3/t17-,19-,20+,21?,22-,23?,24-,26+,27+,28+,29+/m1/s1. The van der Waals surface area contributed by atoms with E-state index in [9.17, 15) is 15.0 Å². The van der Waals surface area contributed by atoms with Crippen molar-refractivity contribution in [2.75, 3.05) is 6.61 Å². The molecule has 6 heteroatoms. The Labute approximate surface area is 209 Å². The van der Waals surface area contributed by atoms with Gasteiger partial charge < -0.3 is 24.4 Å². The minimum atomic E-state index is -0.903. The normalized spacial score (nSPS) is 53.9. The summed E-state index contributed by atoms with van der Waals surface area (Å²) in [7, 11) is 0. The van der Waals surface area contributed by atoms with Crippen LogP contribution in [0.1, 0.15) is 91.4 Å². The zero-order valence-corrected chi connectivity index (χ0v) is 21.7. The smallest absolute Gasteiger partial charge is 0.331 e. The Morgan fingerprint density at radius 2 is 1.86 bits per heavy atom. The molecule has 4 saturated carbocycles. The highest BCUT2D eigenvalue weighted by Gasteiger charge is 2.70. The first-order valence-electron chi connectivity index (χ1n) is 14.2. The van der Waals surface area contributed by atoms with Crippen LogP contribution in [0.5, 0.6) is 0 Å². The van der Waals surface area contributed by atoms with Gasteiger partial charge in [0.1, 0.15) is 6.61 Å². The van der Waals surface area contributed by atoms with Gasteiger partial charge in [0.25, 0.3) is 0 Å². The third-order valence-electron chi connectivity index (χ3n) is 11.8. The minimum Gasteiger partial charge on any atom is -0.458 e. The summed E-state index contributed by atoms with van der Waals surface area (Å²) in [5.74, 6) is 0.783. The fourth-order valence-corrected chi connectivity index (χ4v) is 9.76.